The number of nitrogens with one attached hydrogen (secondary N) is 2. The van der Waals surface area contributed by atoms with Crippen LogP contribution in [0.1, 0.15) is 30.0 Å². The number of rotatable bonds is 7. The molecule has 0 atom stereocenters. The van der Waals surface area contributed by atoms with Crippen LogP contribution in [0.5, 0.6) is 0 Å². The average Bonchev–Trinajstić information content (AvgIpc) is 3.29. The largest absolute Gasteiger partial charge is 0.467 e. The number of carbonyl (C=O) groups excluding carboxylic acids is 5. The summed E-state index contributed by atoms with van der Waals surface area (Å²) in [6.45, 7) is 2.70. The van der Waals surface area contributed by atoms with Crippen LogP contribution in [0.3, 0.4) is 0 Å². The number of urea groups is 1. The van der Waals surface area contributed by atoms with Crippen molar-refractivity contribution < 1.29 is 28.4 Å². The van der Waals surface area contributed by atoms with E-state index in [4.69, 9.17) is 4.42 Å². The molecule has 1 aromatic carbocycles. The Morgan fingerprint density at radius 3 is 2.40 bits per heavy atom. The Kier molecular flexibility index (Phi) is 5.95. The Bertz CT molecular complexity index is 998. The number of anilines is 1. The third kappa shape index (κ3) is 4.22. The normalized spacial score (nSPS) is 13.9. The van der Waals surface area contributed by atoms with E-state index >= 15 is 0 Å². The average molecular weight is 412 g/mol. The third-order valence-corrected chi connectivity index (χ3v) is 4.35. The lowest BCUT2D eigenvalue weighted by Crippen LogP contribution is -2.41. The maximum Gasteiger partial charge on any atom is 0.334 e. The van der Waals surface area contributed by atoms with Gasteiger partial charge in [-0.25, -0.2) is 9.69 Å². The number of furan rings is 1. The lowest BCUT2D eigenvalue weighted by molar-refractivity contribution is -0.144. The Labute approximate surface area is 171 Å². The molecule has 0 radical (unpaired) electrons. The maximum atomic E-state index is 12.5. The predicted molar refractivity (Wildman–Crippen MR) is 104 cm³/mol. The van der Waals surface area contributed by atoms with Crippen LogP contribution in [-0.2, 0) is 20.9 Å². The lowest BCUT2D eigenvalue weighted by atomic mass is 10.1. The summed E-state index contributed by atoms with van der Waals surface area (Å²) in [4.78, 5) is 62.6. The van der Waals surface area contributed by atoms with Gasteiger partial charge in [0.15, 0.2) is 0 Å². The predicted octanol–water partition coefficient (Wildman–Crippen LogP) is 1.35. The minimum absolute atomic E-state index is 0.165. The monoisotopic (exact) mass is 412 g/mol. The summed E-state index contributed by atoms with van der Waals surface area (Å²) < 4.78 is 5.16. The van der Waals surface area contributed by atoms with Gasteiger partial charge in [0.05, 0.1) is 24.1 Å². The van der Waals surface area contributed by atoms with E-state index in [1.54, 1.807) is 38.1 Å². The molecule has 1 saturated heterocycles. The molecule has 6 amide bonds. The van der Waals surface area contributed by atoms with E-state index in [1.807, 2.05) is 0 Å². The first-order chi connectivity index (χ1) is 14.3. The Balaban J connectivity index is 1.67. The first-order valence-electron chi connectivity index (χ1n) is 9.18. The van der Waals surface area contributed by atoms with Crippen molar-refractivity contribution in [3.63, 3.8) is 0 Å². The highest BCUT2D eigenvalue weighted by Crippen LogP contribution is 2.18. The van der Waals surface area contributed by atoms with Gasteiger partial charge in [-0.3, -0.25) is 24.1 Å². The van der Waals surface area contributed by atoms with Gasteiger partial charge in [0.1, 0.15) is 12.3 Å². The molecule has 0 unspecified atom stereocenters. The standard InChI is InChI=1S/C20H20N4O6/c1-12(2)24-19(28)18(27)23(20(24)29)11-16(25)22-15-8-4-3-7-14(15)17(26)21-10-13-6-5-9-30-13/h3-9,12H,10-11H2,1-2H3,(H,21,26)(H,22,25). The van der Waals surface area contributed by atoms with Crippen LogP contribution in [0.25, 0.3) is 0 Å². The van der Waals surface area contributed by atoms with E-state index in [2.05, 4.69) is 10.6 Å². The van der Waals surface area contributed by atoms with Crippen LogP contribution in [0, 0.1) is 0 Å². The number of amides is 6. The molecule has 156 valence electrons. The zero-order valence-corrected chi connectivity index (χ0v) is 16.4. The van der Waals surface area contributed by atoms with Crippen LogP contribution < -0.4 is 10.6 Å². The van der Waals surface area contributed by atoms with Gasteiger partial charge in [-0.05, 0) is 38.1 Å². The second kappa shape index (κ2) is 8.60. The molecule has 0 saturated carbocycles. The van der Waals surface area contributed by atoms with E-state index in [0.29, 0.717) is 10.7 Å². The molecule has 10 nitrogen and oxygen atoms in total. The van der Waals surface area contributed by atoms with E-state index in [1.165, 1.54) is 18.4 Å². The zero-order chi connectivity index (χ0) is 21.8. The van der Waals surface area contributed by atoms with Crippen molar-refractivity contribution in [2.24, 2.45) is 0 Å². The zero-order valence-electron chi connectivity index (χ0n) is 16.4. The number of hydrogen-bond donors (Lipinski definition) is 2. The molecule has 3 rings (SSSR count). The smallest absolute Gasteiger partial charge is 0.334 e. The van der Waals surface area contributed by atoms with Crippen LogP contribution in [-0.4, -0.2) is 52.0 Å². The number of imide groups is 2. The molecule has 2 N–H and O–H groups in total. The maximum absolute atomic E-state index is 12.5. The molecule has 0 spiro atoms. The third-order valence-electron chi connectivity index (χ3n) is 4.35. The molecule has 1 aliphatic heterocycles. The highest BCUT2D eigenvalue weighted by atomic mass is 16.3. The van der Waals surface area contributed by atoms with Gasteiger partial charge in [0, 0.05) is 6.04 Å². The quantitative estimate of drug-likeness (QED) is 0.522. The Hall–Kier alpha value is -3.95. The molecule has 0 aliphatic carbocycles. The van der Waals surface area contributed by atoms with Crippen LogP contribution in [0.4, 0.5) is 10.5 Å². The van der Waals surface area contributed by atoms with Crippen molar-refractivity contribution in [3.8, 4) is 0 Å². The van der Waals surface area contributed by atoms with Gasteiger partial charge in [-0.15, -0.1) is 0 Å². The summed E-state index contributed by atoms with van der Waals surface area (Å²) >= 11 is 0. The Morgan fingerprint density at radius 1 is 1.03 bits per heavy atom. The summed E-state index contributed by atoms with van der Waals surface area (Å²) in [5, 5.41) is 5.18. The van der Waals surface area contributed by atoms with Gasteiger partial charge in [0.2, 0.25) is 5.91 Å². The highest BCUT2D eigenvalue weighted by molar-refractivity contribution is 6.45. The van der Waals surface area contributed by atoms with Crippen LogP contribution in [0.15, 0.2) is 47.1 Å². The van der Waals surface area contributed by atoms with Gasteiger partial charge < -0.3 is 15.1 Å². The fourth-order valence-corrected chi connectivity index (χ4v) is 2.92. The fraction of sp³-hybridized carbons (Fsp3) is 0.250. The molecule has 0 bridgehead atoms. The summed E-state index contributed by atoms with van der Waals surface area (Å²) in [5.41, 5.74) is 0.391. The summed E-state index contributed by atoms with van der Waals surface area (Å²) in [7, 11) is 0. The highest BCUT2D eigenvalue weighted by Gasteiger charge is 2.46. The fourth-order valence-electron chi connectivity index (χ4n) is 2.92. The van der Waals surface area contributed by atoms with Gasteiger partial charge >= 0.3 is 17.8 Å². The van der Waals surface area contributed by atoms with E-state index in [0.717, 1.165) is 4.90 Å². The summed E-state index contributed by atoms with van der Waals surface area (Å²) in [6.07, 6.45) is 1.49. The topological polar surface area (TPSA) is 129 Å². The number of para-hydroxylation sites is 1. The van der Waals surface area contributed by atoms with Crippen molar-refractivity contribution in [2.45, 2.75) is 26.4 Å². The molecule has 1 fully saturated rings. The minimum atomic E-state index is -1.06. The van der Waals surface area contributed by atoms with Gasteiger partial charge in [-0.1, -0.05) is 12.1 Å². The Morgan fingerprint density at radius 2 is 1.77 bits per heavy atom. The molecule has 2 heterocycles. The number of benzene rings is 1. The molecular weight excluding hydrogens is 392 g/mol. The summed E-state index contributed by atoms with van der Waals surface area (Å²) in [6, 6.07) is 8.32. The van der Waals surface area contributed by atoms with Gasteiger partial charge in [-0.2, -0.15) is 0 Å². The van der Waals surface area contributed by atoms with E-state index in [9.17, 15) is 24.0 Å². The van der Waals surface area contributed by atoms with E-state index < -0.39 is 42.2 Å². The molecular formula is C20H20N4O6. The van der Waals surface area contributed by atoms with Crippen molar-refractivity contribution in [3.05, 3.63) is 54.0 Å². The van der Waals surface area contributed by atoms with Crippen LogP contribution in [0.2, 0.25) is 0 Å². The molecule has 10 heteroatoms. The van der Waals surface area contributed by atoms with Crippen molar-refractivity contribution in [1.82, 2.24) is 15.1 Å². The second-order valence-electron chi connectivity index (χ2n) is 6.80. The molecule has 1 aliphatic rings. The molecule has 2 aromatic rings. The second-order valence-corrected chi connectivity index (χ2v) is 6.80. The SMILES string of the molecule is CC(C)N1C(=O)C(=O)N(CC(=O)Nc2ccccc2C(=O)NCc2ccco2)C1=O. The van der Waals surface area contributed by atoms with Gasteiger partial charge in [0.25, 0.3) is 5.91 Å². The lowest BCUT2D eigenvalue weighted by Gasteiger charge is -2.18. The first kappa shape index (κ1) is 20.8. The van der Waals surface area contributed by atoms with Crippen molar-refractivity contribution in [1.29, 1.82) is 0 Å². The summed E-state index contributed by atoms with van der Waals surface area (Å²) in [5.74, 6) is -2.64. The van der Waals surface area contributed by atoms with E-state index in [-0.39, 0.29) is 17.8 Å². The van der Waals surface area contributed by atoms with Crippen molar-refractivity contribution >= 4 is 35.3 Å². The molecule has 30 heavy (non-hydrogen) atoms. The molecule has 1 aromatic heterocycles. The number of nitrogens with zero attached hydrogens (tertiary/aromatic N) is 2. The van der Waals surface area contributed by atoms with Crippen LogP contribution >= 0.6 is 0 Å². The number of hydrogen-bond acceptors (Lipinski definition) is 6. The van der Waals surface area contributed by atoms with Crippen molar-refractivity contribution in [2.75, 3.05) is 11.9 Å². The minimum Gasteiger partial charge on any atom is -0.467 e. The number of carbonyl (C=O) groups is 5. The first-order valence-corrected chi connectivity index (χ1v) is 9.18.